The molecule has 2 aromatic rings. The molecule has 0 bridgehead atoms. The fourth-order valence-corrected chi connectivity index (χ4v) is 1.73. The highest BCUT2D eigenvalue weighted by Crippen LogP contribution is 2.14. The minimum Gasteiger partial charge on any atom is -0.470 e. The van der Waals surface area contributed by atoms with E-state index in [1.807, 2.05) is 26.1 Å². The van der Waals surface area contributed by atoms with Gasteiger partial charge in [0.25, 0.3) is 0 Å². The summed E-state index contributed by atoms with van der Waals surface area (Å²) in [7, 11) is 1.85. The van der Waals surface area contributed by atoms with E-state index in [1.54, 1.807) is 4.68 Å². The zero-order valence-electron chi connectivity index (χ0n) is 12.7. The number of nitrogens with one attached hydrogen (secondary N) is 1. The number of hydrogen-bond acceptors (Lipinski definition) is 5. The molecule has 0 aliphatic rings. The largest absolute Gasteiger partial charge is 0.470 e. The van der Waals surface area contributed by atoms with Crippen LogP contribution in [0, 0.1) is 6.92 Å². The summed E-state index contributed by atoms with van der Waals surface area (Å²) in [6, 6.07) is 3.79. The lowest BCUT2D eigenvalue weighted by Gasteiger charge is -2.19. The van der Waals surface area contributed by atoms with E-state index in [2.05, 4.69) is 36.3 Å². The summed E-state index contributed by atoms with van der Waals surface area (Å²) in [5, 5.41) is 11.6. The van der Waals surface area contributed by atoms with Crippen molar-refractivity contribution in [1.82, 2.24) is 20.3 Å². The molecule has 0 saturated carbocycles. The van der Waals surface area contributed by atoms with Crippen LogP contribution in [0.1, 0.15) is 37.9 Å². The molecule has 0 fully saturated rings. The first kappa shape index (κ1) is 14.6. The molecule has 0 saturated heterocycles. The van der Waals surface area contributed by atoms with Gasteiger partial charge in [-0.15, -0.1) is 0 Å². The van der Waals surface area contributed by atoms with Gasteiger partial charge >= 0.3 is 0 Å². The average molecular weight is 278 g/mol. The molecule has 0 radical (unpaired) electrons. The molecule has 0 atom stereocenters. The van der Waals surface area contributed by atoms with Crippen molar-refractivity contribution >= 4 is 0 Å². The standard InChI is InChI=1S/C14H22N4O2/c1-10-6-13(18(5)16-10)19-9-12-7-11(17-20-12)8-15-14(2,3)4/h6-7,15H,8-9H2,1-5H3. The van der Waals surface area contributed by atoms with Gasteiger partial charge in [-0.25, -0.2) is 4.68 Å². The molecule has 0 aliphatic heterocycles. The smallest absolute Gasteiger partial charge is 0.212 e. The van der Waals surface area contributed by atoms with Crippen LogP contribution in [-0.4, -0.2) is 20.5 Å². The Hall–Kier alpha value is -1.82. The lowest BCUT2D eigenvalue weighted by atomic mass is 10.1. The molecule has 2 rings (SSSR count). The molecule has 0 aromatic carbocycles. The summed E-state index contributed by atoms with van der Waals surface area (Å²) in [5.41, 5.74) is 1.86. The number of rotatable bonds is 5. The summed E-state index contributed by atoms with van der Waals surface area (Å²) in [6.45, 7) is 9.29. The number of nitrogens with zero attached hydrogens (tertiary/aromatic N) is 3. The second-order valence-corrected chi connectivity index (χ2v) is 5.92. The van der Waals surface area contributed by atoms with E-state index in [4.69, 9.17) is 9.26 Å². The third kappa shape index (κ3) is 4.09. The first-order valence-corrected chi connectivity index (χ1v) is 6.66. The van der Waals surface area contributed by atoms with Crippen molar-refractivity contribution in [3.8, 4) is 5.88 Å². The SMILES string of the molecule is Cc1cc(OCc2cc(CNC(C)(C)C)no2)n(C)n1. The third-order valence-electron chi connectivity index (χ3n) is 2.73. The van der Waals surface area contributed by atoms with Crippen molar-refractivity contribution in [2.45, 2.75) is 46.4 Å². The van der Waals surface area contributed by atoms with Gasteiger partial charge < -0.3 is 14.6 Å². The Morgan fingerprint density at radius 2 is 2.10 bits per heavy atom. The Balaban J connectivity index is 1.88. The van der Waals surface area contributed by atoms with Crippen LogP contribution in [-0.2, 0) is 20.2 Å². The lowest BCUT2D eigenvalue weighted by Crippen LogP contribution is -2.35. The van der Waals surface area contributed by atoms with Crippen LogP contribution in [0.15, 0.2) is 16.7 Å². The molecule has 0 aliphatic carbocycles. The molecule has 110 valence electrons. The van der Waals surface area contributed by atoms with Crippen LogP contribution in [0.2, 0.25) is 0 Å². The summed E-state index contributed by atoms with van der Waals surface area (Å²) in [4.78, 5) is 0. The van der Waals surface area contributed by atoms with E-state index in [9.17, 15) is 0 Å². The Bertz CT molecular complexity index is 566. The monoisotopic (exact) mass is 278 g/mol. The Labute approximate surface area is 119 Å². The molecule has 0 unspecified atom stereocenters. The maximum absolute atomic E-state index is 5.65. The first-order valence-electron chi connectivity index (χ1n) is 6.66. The predicted molar refractivity (Wildman–Crippen MR) is 75.4 cm³/mol. The van der Waals surface area contributed by atoms with Gasteiger partial charge in [-0.3, -0.25) is 0 Å². The van der Waals surface area contributed by atoms with E-state index in [0.29, 0.717) is 24.8 Å². The van der Waals surface area contributed by atoms with E-state index in [1.165, 1.54) is 0 Å². The average Bonchev–Trinajstić information content (AvgIpc) is 2.90. The maximum atomic E-state index is 5.65. The molecule has 1 N–H and O–H groups in total. The van der Waals surface area contributed by atoms with Gasteiger partial charge in [0.15, 0.2) is 12.4 Å². The quantitative estimate of drug-likeness (QED) is 0.908. The van der Waals surface area contributed by atoms with Crippen molar-refractivity contribution in [2.24, 2.45) is 7.05 Å². The third-order valence-corrected chi connectivity index (χ3v) is 2.73. The highest BCUT2D eigenvalue weighted by Gasteiger charge is 2.11. The van der Waals surface area contributed by atoms with Crippen molar-refractivity contribution in [2.75, 3.05) is 0 Å². The van der Waals surface area contributed by atoms with Crippen molar-refractivity contribution in [1.29, 1.82) is 0 Å². The van der Waals surface area contributed by atoms with Crippen LogP contribution in [0.25, 0.3) is 0 Å². The topological polar surface area (TPSA) is 65.1 Å². The molecular weight excluding hydrogens is 256 g/mol. The molecule has 2 heterocycles. The molecule has 0 amide bonds. The molecular formula is C14H22N4O2. The Morgan fingerprint density at radius 3 is 2.70 bits per heavy atom. The zero-order chi connectivity index (χ0) is 14.8. The summed E-state index contributed by atoms with van der Waals surface area (Å²) >= 11 is 0. The fourth-order valence-electron chi connectivity index (χ4n) is 1.73. The normalized spacial score (nSPS) is 11.8. The van der Waals surface area contributed by atoms with Crippen molar-refractivity contribution in [3.63, 3.8) is 0 Å². The van der Waals surface area contributed by atoms with Gasteiger partial charge in [0, 0.05) is 31.3 Å². The van der Waals surface area contributed by atoms with Crippen LogP contribution in [0.5, 0.6) is 5.88 Å². The highest BCUT2D eigenvalue weighted by atomic mass is 16.5. The van der Waals surface area contributed by atoms with Crippen LogP contribution in [0.3, 0.4) is 0 Å². The van der Waals surface area contributed by atoms with Gasteiger partial charge in [0.1, 0.15) is 0 Å². The van der Waals surface area contributed by atoms with Crippen molar-refractivity contribution in [3.05, 3.63) is 29.3 Å². The first-order chi connectivity index (χ1) is 9.33. The number of hydrogen-bond donors (Lipinski definition) is 1. The molecule has 0 spiro atoms. The minimum atomic E-state index is 0.0574. The highest BCUT2D eigenvalue weighted by molar-refractivity contribution is 5.15. The fraction of sp³-hybridized carbons (Fsp3) is 0.571. The van der Waals surface area contributed by atoms with Gasteiger partial charge in [0.2, 0.25) is 5.88 Å². The molecule has 2 aromatic heterocycles. The molecule has 6 nitrogen and oxygen atoms in total. The number of aromatic nitrogens is 3. The second kappa shape index (κ2) is 5.66. The molecule has 6 heteroatoms. The van der Waals surface area contributed by atoms with Crippen LogP contribution >= 0.6 is 0 Å². The predicted octanol–water partition coefficient (Wildman–Crippen LogP) is 2.18. The maximum Gasteiger partial charge on any atom is 0.212 e. The zero-order valence-corrected chi connectivity index (χ0v) is 12.7. The van der Waals surface area contributed by atoms with Crippen molar-refractivity contribution < 1.29 is 9.26 Å². The second-order valence-electron chi connectivity index (χ2n) is 5.92. The van der Waals surface area contributed by atoms with E-state index >= 15 is 0 Å². The number of ether oxygens (including phenoxy) is 1. The Kier molecular flexibility index (Phi) is 4.13. The van der Waals surface area contributed by atoms with E-state index in [0.717, 1.165) is 11.4 Å². The van der Waals surface area contributed by atoms with E-state index in [-0.39, 0.29) is 5.54 Å². The lowest BCUT2D eigenvalue weighted by molar-refractivity contribution is 0.231. The van der Waals surface area contributed by atoms with Gasteiger partial charge in [-0.2, -0.15) is 5.10 Å². The summed E-state index contributed by atoms with van der Waals surface area (Å²) < 4.78 is 12.6. The van der Waals surface area contributed by atoms with Crippen LogP contribution < -0.4 is 10.1 Å². The minimum absolute atomic E-state index is 0.0574. The number of aryl methyl sites for hydroxylation is 2. The van der Waals surface area contributed by atoms with Gasteiger partial charge in [0.05, 0.1) is 11.4 Å². The summed E-state index contributed by atoms with van der Waals surface area (Å²) in [6.07, 6.45) is 0. The van der Waals surface area contributed by atoms with E-state index < -0.39 is 0 Å². The summed E-state index contributed by atoms with van der Waals surface area (Å²) in [5.74, 6) is 1.42. The Morgan fingerprint density at radius 1 is 1.35 bits per heavy atom. The van der Waals surface area contributed by atoms with Gasteiger partial charge in [-0.1, -0.05) is 5.16 Å². The van der Waals surface area contributed by atoms with Crippen LogP contribution in [0.4, 0.5) is 0 Å². The molecule has 20 heavy (non-hydrogen) atoms. The van der Waals surface area contributed by atoms with Gasteiger partial charge in [-0.05, 0) is 27.7 Å².